The SMILES string of the molecule is C#CCC(C)(C)C.C/C=C\C1C(CC(C)(C)C)C1(C)C.CC(C)(C)C.CC(C)(C)C.CC(C)(C)CC#C[Si](C)(C)C.CC(C)(C)CCCCO.CC(C)(C)Cc1ccc(O)cc1.CC(C)(C)Cc1ccccc1.CC(C)(C)Cc1ccco1.CCC(C)(C)C.COc1ccc(CC(C)(C)C)cc1.COc1ccc(CC(C)(C)C)cc1.COc1ccc(CC(C)(C)C)cc1.COc1ccc(CC(C)(C)C)cc1. The number of unbranched alkanes of at least 4 members (excludes halogenated alkanes) is 1. The normalized spacial score (nSPS) is 13.5. The number of hydrogen-bond acceptors (Lipinski definition) is 7. The third-order valence-electron chi connectivity index (χ3n) is 19.6. The van der Waals surface area contributed by atoms with Crippen molar-refractivity contribution in [3.63, 3.8) is 0 Å². The minimum Gasteiger partial charge on any atom is -0.508 e. The average molecular weight is 1970 g/mol. The number of terminal acetylenes is 1. The second-order valence-electron chi connectivity index (χ2n) is 57.9. The van der Waals surface area contributed by atoms with Crippen molar-refractivity contribution in [1.29, 1.82) is 0 Å². The fraction of sp³-hybridized carbons (Fsp3) is 0.654. The van der Waals surface area contributed by atoms with Gasteiger partial charge in [0, 0.05) is 25.9 Å². The van der Waals surface area contributed by atoms with Crippen LogP contribution in [0.5, 0.6) is 28.7 Å². The lowest BCUT2D eigenvalue weighted by atomic mass is 9.87. The fourth-order valence-corrected chi connectivity index (χ4v) is 13.5. The van der Waals surface area contributed by atoms with Crippen molar-refractivity contribution in [2.75, 3.05) is 35.0 Å². The van der Waals surface area contributed by atoms with E-state index in [9.17, 15) is 0 Å². The number of methoxy groups -OCH3 is 4. The number of phenolic OH excluding ortho intramolecular Hbond substituents is 1. The van der Waals surface area contributed by atoms with Gasteiger partial charge in [-0.3, -0.25) is 0 Å². The molecule has 0 bridgehead atoms. The Morgan fingerprint density at radius 2 is 0.624 bits per heavy atom. The van der Waals surface area contributed by atoms with Gasteiger partial charge in [0.1, 0.15) is 42.6 Å². The number of aliphatic hydroxyl groups is 1. The number of furan rings is 1. The van der Waals surface area contributed by atoms with Gasteiger partial charge in [0.15, 0.2) is 0 Å². The van der Waals surface area contributed by atoms with Crippen LogP contribution in [0.3, 0.4) is 0 Å². The highest BCUT2D eigenvalue weighted by molar-refractivity contribution is 6.83. The first kappa shape index (κ1) is 144. The summed E-state index contributed by atoms with van der Waals surface area (Å²) in [6.07, 6.45) is 26.9. The zero-order chi connectivity index (χ0) is 112. The number of allylic oxidation sites excluding steroid dienone is 2. The summed E-state index contributed by atoms with van der Waals surface area (Å²) >= 11 is 0. The molecule has 0 saturated heterocycles. The minimum atomic E-state index is -1.12. The molecule has 1 fully saturated rings. The van der Waals surface area contributed by atoms with Crippen LogP contribution in [0.15, 0.2) is 187 Å². The van der Waals surface area contributed by atoms with Crippen LogP contribution in [0.1, 0.15) is 416 Å². The predicted molar refractivity (Wildman–Crippen MR) is 635 cm³/mol. The van der Waals surface area contributed by atoms with Gasteiger partial charge >= 0.3 is 0 Å². The summed E-state index contributed by atoms with van der Waals surface area (Å²) in [7, 11) is 5.65. The van der Waals surface area contributed by atoms with Crippen molar-refractivity contribution in [2.45, 2.75) is 442 Å². The monoisotopic (exact) mass is 1970 g/mol. The molecule has 1 heterocycles. The van der Waals surface area contributed by atoms with E-state index in [0.717, 1.165) is 111 Å². The molecular formula is C133H230O7Si. The lowest BCUT2D eigenvalue weighted by Crippen LogP contribution is -2.16. The Hall–Kier alpha value is -7.36. The maximum Gasteiger partial charge on any atom is 0.129 e. The van der Waals surface area contributed by atoms with Crippen LogP contribution in [-0.4, -0.2) is 53.3 Å². The van der Waals surface area contributed by atoms with Crippen molar-refractivity contribution >= 4 is 8.07 Å². The fourth-order valence-electron chi connectivity index (χ4n) is 12.9. The van der Waals surface area contributed by atoms with Crippen LogP contribution in [0.4, 0.5) is 0 Å². The Morgan fingerprint density at radius 3 is 0.816 bits per heavy atom. The summed E-state index contributed by atoms with van der Waals surface area (Å²) in [6, 6.07) is 55.2. The van der Waals surface area contributed by atoms with Crippen molar-refractivity contribution in [1.82, 2.24) is 0 Å². The molecule has 7 aromatic rings. The summed E-state index contributed by atoms with van der Waals surface area (Å²) in [5, 5.41) is 17.5. The molecular weight excluding hydrogens is 1740 g/mol. The zero-order valence-corrected chi connectivity index (χ0v) is 104. The Bertz CT molecular complexity index is 4030. The number of aromatic hydroxyl groups is 1. The van der Waals surface area contributed by atoms with Crippen molar-refractivity contribution in [2.24, 2.45) is 93.1 Å². The predicted octanol–water partition coefficient (Wildman–Crippen LogP) is 40.6. The van der Waals surface area contributed by atoms with E-state index in [1.165, 1.54) is 52.6 Å². The summed E-state index contributed by atoms with van der Waals surface area (Å²) in [5.74, 6) is 12.8. The van der Waals surface area contributed by atoms with Crippen molar-refractivity contribution in [3.8, 4) is 52.6 Å². The summed E-state index contributed by atoms with van der Waals surface area (Å²) in [5.41, 5.74) is 17.7. The quantitative estimate of drug-likeness (QED) is 0.0431. The molecule has 0 radical (unpaired) electrons. The molecule has 1 saturated carbocycles. The maximum absolute atomic E-state index is 9.05. The number of ether oxygens (including phenoxy) is 4. The van der Waals surface area contributed by atoms with Gasteiger partial charge in [-0.1, -0.05) is 461 Å². The van der Waals surface area contributed by atoms with E-state index >= 15 is 0 Å². The first-order valence-electron chi connectivity index (χ1n) is 52.9. The van der Waals surface area contributed by atoms with Gasteiger partial charge in [-0.25, -0.2) is 0 Å². The van der Waals surface area contributed by atoms with Crippen molar-refractivity contribution < 1.29 is 33.6 Å². The topological polar surface area (TPSA) is 90.5 Å². The first-order valence-corrected chi connectivity index (χ1v) is 56.4. The molecule has 1 aliphatic rings. The summed E-state index contributed by atoms with van der Waals surface area (Å²) in [4.78, 5) is 0. The second-order valence-corrected chi connectivity index (χ2v) is 62.7. The molecule has 0 amide bonds. The third-order valence-corrected chi connectivity index (χ3v) is 20.5. The molecule has 2 N–H and O–H groups in total. The average Bonchev–Trinajstić information content (AvgIpc) is 1.58. The van der Waals surface area contributed by atoms with E-state index in [2.05, 4.69) is 460 Å². The third kappa shape index (κ3) is 110. The van der Waals surface area contributed by atoms with Gasteiger partial charge in [0.25, 0.3) is 0 Å². The second kappa shape index (κ2) is 68.2. The highest BCUT2D eigenvalue weighted by Crippen LogP contribution is 2.62. The van der Waals surface area contributed by atoms with E-state index in [-0.39, 0.29) is 0 Å². The molecule has 0 spiro atoms. The Morgan fingerprint density at radius 1 is 0.355 bits per heavy atom. The first-order chi connectivity index (χ1) is 63.3. The van der Waals surface area contributed by atoms with Crippen LogP contribution < -0.4 is 18.9 Å². The number of hydrogen-bond donors (Lipinski definition) is 2. The van der Waals surface area contributed by atoms with E-state index < -0.39 is 8.07 Å². The molecule has 8 heteroatoms. The molecule has 0 aliphatic heterocycles. The highest BCUT2D eigenvalue weighted by atomic mass is 28.3. The van der Waals surface area contributed by atoms with Crippen LogP contribution in [0, 0.1) is 117 Å². The minimum absolute atomic E-state index is 0.314. The summed E-state index contributed by atoms with van der Waals surface area (Å²) in [6.45, 7) is 114. The molecule has 1 aliphatic carbocycles. The molecule has 808 valence electrons. The number of aliphatic hydroxyl groups excluding tert-OH is 1. The Kier molecular flexibility index (Phi) is 69.8. The molecule has 7 nitrogen and oxygen atoms in total. The lowest BCUT2D eigenvalue weighted by molar-refractivity contribution is 0.267. The van der Waals surface area contributed by atoms with Gasteiger partial charge in [-0.2, -0.15) is 0 Å². The number of phenols is 1. The van der Waals surface area contributed by atoms with Gasteiger partial charge in [-0.15, -0.1) is 23.8 Å². The molecule has 2 unspecified atom stereocenters. The molecule has 1 aromatic heterocycles. The van der Waals surface area contributed by atoms with Gasteiger partial charge in [0.05, 0.1) is 34.7 Å². The zero-order valence-electron chi connectivity index (χ0n) is 103. The molecule has 141 heavy (non-hydrogen) atoms. The number of rotatable bonds is 16. The van der Waals surface area contributed by atoms with Gasteiger partial charge < -0.3 is 33.6 Å². The Balaban J connectivity index is -0.000000351. The van der Waals surface area contributed by atoms with Crippen molar-refractivity contribution in [3.05, 3.63) is 221 Å². The molecule has 8 rings (SSSR count). The van der Waals surface area contributed by atoms with Crippen LogP contribution in [0.25, 0.3) is 0 Å². The van der Waals surface area contributed by atoms with Gasteiger partial charge in [0.2, 0.25) is 0 Å². The highest BCUT2D eigenvalue weighted by Gasteiger charge is 2.56. The Labute approximate surface area is 879 Å². The van der Waals surface area contributed by atoms with Gasteiger partial charge in [-0.05, 0) is 264 Å². The lowest BCUT2D eigenvalue weighted by Gasteiger charge is -2.18. The summed E-state index contributed by atoms with van der Waals surface area (Å²) < 4.78 is 25.6. The van der Waals surface area contributed by atoms with E-state index in [4.69, 9.17) is 40.0 Å². The standard InChI is InChI=1S/C13H24.4C12H18O.C11H16O.C11H16.C10H20Si.C9H14O.C8H18O.C7H12.C6H14.2C5H12/c1-7-8-10-11(13(10,5)6)9-12(2,3)4;4*1-12(2,3)9-10-5-7-11(13-4)8-6-10;1-11(2,3)8-9-4-6-10(12)7-5-9;1-11(2,3)9-10-7-5-4-6-8-10;1-10(2,3)8-7-9-11(4,5)6;1-9(2,3)7-8-5-4-6-10-8;1-8(2,3)6-4-5-7-9;1-5-6-7(2,3)4;1-5-6(2,3)4;2*1-5(2,3)4/h7-8,10-11H,9H2,1-6H3;4*5-8H,9H2,1-4H3;4-7,12H,8H2,1-3H3;4-8H,9H2,1-3H3;8H2,1-6H3;4-6H,7H2,1-3H3;9H,4-7H2,1-3H3;1H,6H2,2-4H3;5H2,1-4H3;2*1-4H3/b8-7-;;;;;;;;;;;;;. The number of benzene rings is 6. The molecule has 6 aromatic carbocycles. The van der Waals surface area contributed by atoms with Crippen LogP contribution in [0.2, 0.25) is 19.6 Å². The van der Waals surface area contributed by atoms with Crippen LogP contribution >= 0.6 is 0 Å². The van der Waals surface area contributed by atoms with E-state index in [1.807, 2.05) is 72.8 Å². The molecule has 2 atom stereocenters. The smallest absolute Gasteiger partial charge is 0.129 e. The van der Waals surface area contributed by atoms with E-state index in [1.54, 1.807) is 46.8 Å². The largest absolute Gasteiger partial charge is 0.508 e. The maximum atomic E-state index is 9.05. The van der Waals surface area contributed by atoms with Crippen LogP contribution in [-0.2, 0) is 44.9 Å². The van der Waals surface area contributed by atoms with E-state index in [0.29, 0.717) is 93.6 Å².